The van der Waals surface area contributed by atoms with Gasteiger partial charge in [-0.2, -0.15) is 10.4 Å². The topological polar surface area (TPSA) is 79.7 Å². The Morgan fingerprint density at radius 1 is 1.69 bits per heavy atom. The highest BCUT2D eigenvalue weighted by molar-refractivity contribution is 5.54. The third-order valence-electron chi connectivity index (χ3n) is 1.77. The minimum absolute atomic E-state index is 0.537. The van der Waals surface area contributed by atoms with Gasteiger partial charge in [-0.1, -0.05) is 0 Å². The number of nitrogens with one attached hydrogen (secondary N) is 1. The average molecular weight is 179 g/mol. The summed E-state index contributed by atoms with van der Waals surface area (Å²) in [6.45, 7) is 2.99. The second kappa shape index (κ2) is 3.92. The minimum Gasteiger partial charge on any atom is -0.368 e. The molecule has 0 spiro atoms. The van der Waals surface area contributed by atoms with Gasteiger partial charge in [0.15, 0.2) is 0 Å². The molecule has 0 atom stereocenters. The number of aryl methyl sites for hydroxylation is 2. The van der Waals surface area contributed by atoms with Crippen molar-refractivity contribution in [1.29, 1.82) is 5.26 Å². The standard InChI is InChI=1S/C8H13N5/c1-6-7(5-10)8(11-4-3-9)13(2)12-6/h11H,3-4,9H2,1-2H3. The fraction of sp³-hybridized carbons (Fsp3) is 0.500. The normalized spacial score (nSPS) is 9.69. The third kappa shape index (κ3) is 1.79. The lowest BCUT2D eigenvalue weighted by Crippen LogP contribution is -2.15. The lowest BCUT2D eigenvalue weighted by atomic mass is 10.2. The molecule has 0 aliphatic rings. The van der Waals surface area contributed by atoms with Crippen molar-refractivity contribution in [3.8, 4) is 6.07 Å². The van der Waals surface area contributed by atoms with E-state index in [1.54, 1.807) is 11.7 Å². The Hall–Kier alpha value is -1.54. The van der Waals surface area contributed by atoms with Gasteiger partial charge in [0.1, 0.15) is 17.5 Å². The summed E-state index contributed by atoms with van der Waals surface area (Å²) >= 11 is 0. The van der Waals surface area contributed by atoms with Crippen LogP contribution in [0.4, 0.5) is 5.82 Å². The molecule has 3 N–H and O–H groups in total. The van der Waals surface area contributed by atoms with Crippen molar-refractivity contribution in [3.63, 3.8) is 0 Å². The van der Waals surface area contributed by atoms with Gasteiger partial charge in [0.25, 0.3) is 0 Å². The first-order valence-electron chi connectivity index (χ1n) is 4.08. The van der Waals surface area contributed by atoms with Crippen LogP contribution in [0.1, 0.15) is 11.3 Å². The molecule has 1 aromatic rings. The predicted molar refractivity (Wildman–Crippen MR) is 50.2 cm³/mol. The summed E-state index contributed by atoms with van der Waals surface area (Å²) in [7, 11) is 1.80. The number of rotatable bonds is 3. The zero-order valence-electron chi connectivity index (χ0n) is 7.83. The van der Waals surface area contributed by atoms with Crippen molar-refractivity contribution in [2.45, 2.75) is 6.92 Å². The molecule has 0 unspecified atom stereocenters. The van der Waals surface area contributed by atoms with E-state index in [1.165, 1.54) is 0 Å². The van der Waals surface area contributed by atoms with Crippen LogP contribution < -0.4 is 11.1 Å². The van der Waals surface area contributed by atoms with E-state index < -0.39 is 0 Å². The summed E-state index contributed by atoms with van der Waals surface area (Å²) in [6, 6.07) is 2.11. The first-order valence-corrected chi connectivity index (χ1v) is 4.08. The first-order chi connectivity index (χ1) is 6.20. The highest BCUT2D eigenvalue weighted by Crippen LogP contribution is 2.16. The van der Waals surface area contributed by atoms with Gasteiger partial charge in [0.2, 0.25) is 0 Å². The number of anilines is 1. The molecule has 0 aliphatic carbocycles. The quantitative estimate of drug-likeness (QED) is 0.683. The Kier molecular flexibility index (Phi) is 2.88. The highest BCUT2D eigenvalue weighted by Gasteiger charge is 2.11. The van der Waals surface area contributed by atoms with E-state index in [1.807, 2.05) is 6.92 Å². The molecular weight excluding hydrogens is 166 g/mol. The molecule has 0 amide bonds. The number of nitrogens with zero attached hydrogens (tertiary/aromatic N) is 3. The van der Waals surface area contributed by atoms with Crippen LogP contribution in [0, 0.1) is 18.3 Å². The molecule has 13 heavy (non-hydrogen) atoms. The van der Waals surface area contributed by atoms with Crippen LogP contribution >= 0.6 is 0 Å². The van der Waals surface area contributed by atoms with Crippen LogP contribution in [-0.2, 0) is 7.05 Å². The van der Waals surface area contributed by atoms with E-state index in [-0.39, 0.29) is 0 Å². The lowest BCUT2D eigenvalue weighted by molar-refractivity contribution is 0.757. The minimum atomic E-state index is 0.537. The highest BCUT2D eigenvalue weighted by atomic mass is 15.3. The van der Waals surface area contributed by atoms with Crippen LogP contribution in [0.15, 0.2) is 0 Å². The Labute approximate surface area is 77.1 Å². The number of nitrogens with two attached hydrogens (primary N) is 1. The number of hydrogen-bond donors (Lipinski definition) is 2. The fourth-order valence-corrected chi connectivity index (χ4v) is 1.19. The SMILES string of the molecule is Cc1nn(C)c(NCCN)c1C#N. The molecule has 5 nitrogen and oxygen atoms in total. The Bertz CT molecular complexity index is 333. The van der Waals surface area contributed by atoms with Crippen LogP contribution in [0.5, 0.6) is 0 Å². The number of nitriles is 1. The lowest BCUT2D eigenvalue weighted by Gasteiger charge is -2.04. The summed E-state index contributed by atoms with van der Waals surface area (Å²) in [5.41, 5.74) is 6.68. The molecule has 5 heteroatoms. The van der Waals surface area contributed by atoms with Gasteiger partial charge in [-0.3, -0.25) is 4.68 Å². The Morgan fingerprint density at radius 3 is 2.92 bits per heavy atom. The van der Waals surface area contributed by atoms with Crippen molar-refractivity contribution in [1.82, 2.24) is 9.78 Å². The van der Waals surface area contributed by atoms with Crippen molar-refractivity contribution >= 4 is 5.82 Å². The monoisotopic (exact) mass is 179 g/mol. The molecule has 70 valence electrons. The predicted octanol–water partition coefficient (Wildman–Crippen LogP) is -0.0292. The van der Waals surface area contributed by atoms with Gasteiger partial charge < -0.3 is 11.1 Å². The van der Waals surface area contributed by atoms with Crippen LogP contribution in [0.25, 0.3) is 0 Å². The van der Waals surface area contributed by atoms with Crippen molar-refractivity contribution in [2.24, 2.45) is 12.8 Å². The zero-order valence-corrected chi connectivity index (χ0v) is 7.83. The van der Waals surface area contributed by atoms with E-state index in [9.17, 15) is 0 Å². The van der Waals surface area contributed by atoms with Crippen molar-refractivity contribution < 1.29 is 0 Å². The van der Waals surface area contributed by atoms with E-state index in [0.29, 0.717) is 18.7 Å². The smallest absolute Gasteiger partial charge is 0.142 e. The number of aromatic nitrogens is 2. The molecule has 0 radical (unpaired) electrons. The van der Waals surface area contributed by atoms with Crippen LogP contribution in [0.3, 0.4) is 0 Å². The molecule has 0 fully saturated rings. The number of hydrogen-bond acceptors (Lipinski definition) is 4. The van der Waals surface area contributed by atoms with Gasteiger partial charge in [-0.15, -0.1) is 0 Å². The molecular formula is C8H13N5. The summed E-state index contributed by atoms with van der Waals surface area (Å²) in [5, 5.41) is 16.0. The molecule has 0 aromatic carbocycles. The van der Waals surface area contributed by atoms with Gasteiger partial charge in [0.05, 0.1) is 5.69 Å². The third-order valence-corrected chi connectivity index (χ3v) is 1.77. The Morgan fingerprint density at radius 2 is 2.38 bits per heavy atom. The van der Waals surface area contributed by atoms with E-state index >= 15 is 0 Å². The summed E-state index contributed by atoms with van der Waals surface area (Å²) in [6.07, 6.45) is 0. The molecule has 0 saturated carbocycles. The molecule has 1 heterocycles. The molecule has 1 aromatic heterocycles. The summed E-state index contributed by atoms with van der Waals surface area (Å²) in [4.78, 5) is 0. The summed E-state index contributed by atoms with van der Waals surface area (Å²) in [5.74, 6) is 0.741. The van der Waals surface area contributed by atoms with Gasteiger partial charge in [-0.05, 0) is 6.92 Å². The van der Waals surface area contributed by atoms with Gasteiger partial charge in [0, 0.05) is 20.1 Å². The van der Waals surface area contributed by atoms with Crippen molar-refractivity contribution in [3.05, 3.63) is 11.3 Å². The molecule has 0 bridgehead atoms. The van der Waals surface area contributed by atoms with Crippen molar-refractivity contribution in [2.75, 3.05) is 18.4 Å². The van der Waals surface area contributed by atoms with Gasteiger partial charge in [-0.25, -0.2) is 0 Å². The summed E-state index contributed by atoms with van der Waals surface area (Å²) < 4.78 is 1.66. The average Bonchev–Trinajstić information content (AvgIpc) is 2.37. The first kappa shape index (κ1) is 9.55. The second-order valence-electron chi connectivity index (χ2n) is 2.76. The zero-order chi connectivity index (χ0) is 9.84. The fourth-order valence-electron chi connectivity index (χ4n) is 1.19. The van der Waals surface area contributed by atoms with Gasteiger partial charge >= 0.3 is 0 Å². The largest absolute Gasteiger partial charge is 0.368 e. The maximum atomic E-state index is 8.84. The maximum absolute atomic E-state index is 8.84. The molecule has 0 saturated heterocycles. The molecule has 1 rings (SSSR count). The van der Waals surface area contributed by atoms with E-state index in [2.05, 4.69) is 16.5 Å². The van der Waals surface area contributed by atoms with Crippen LogP contribution in [0.2, 0.25) is 0 Å². The van der Waals surface area contributed by atoms with E-state index in [4.69, 9.17) is 11.0 Å². The second-order valence-corrected chi connectivity index (χ2v) is 2.76. The molecule has 0 aliphatic heterocycles. The van der Waals surface area contributed by atoms with Crippen LogP contribution in [-0.4, -0.2) is 22.9 Å². The maximum Gasteiger partial charge on any atom is 0.142 e. The Balaban J connectivity index is 2.97. The van der Waals surface area contributed by atoms with E-state index in [0.717, 1.165) is 11.5 Å².